The van der Waals surface area contributed by atoms with Crippen molar-refractivity contribution < 1.29 is 23.8 Å². The maximum Gasteiger partial charge on any atom is 0.322 e. The van der Waals surface area contributed by atoms with Crippen molar-refractivity contribution in [1.82, 2.24) is 9.88 Å². The molecular weight excluding hydrogens is 451 g/mol. The van der Waals surface area contributed by atoms with Crippen molar-refractivity contribution in [1.29, 1.82) is 0 Å². The van der Waals surface area contributed by atoms with Gasteiger partial charge in [0, 0.05) is 32.2 Å². The van der Waals surface area contributed by atoms with E-state index in [1.165, 1.54) is 17.2 Å². The van der Waals surface area contributed by atoms with E-state index in [0.717, 1.165) is 28.9 Å². The topological polar surface area (TPSA) is 87.2 Å². The number of nitrogens with one attached hydrogen (secondary N) is 1. The summed E-state index contributed by atoms with van der Waals surface area (Å²) in [5.74, 6) is 0.610. The Balaban J connectivity index is 1.64. The van der Waals surface area contributed by atoms with Crippen molar-refractivity contribution in [3.63, 3.8) is 0 Å². The van der Waals surface area contributed by atoms with Crippen LogP contribution in [0.2, 0.25) is 0 Å². The van der Waals surface area contributed by atoms with Gasteiger partial charge in [0.2, 0.25) is 5.88 Å². The standard InChI is InChI=1S/C26H33FN4O4/c1-17(2)19-4-5-31(16-19)26(33)28-23-15-21(18(3)12-22(23)27)20-13-24(30-6-9-34-10-7-30)29-25(14-20)35-11-8-32/h12-15,32H,4-11,16H2,1-3H3,(H,28,33). The number of hydrogen-bond acceptors (Lipinski definition) is 6. The number of nitrogens with zero attached hydrogens (tertiary/aromatic N) is 3. The lowest BCUT2D eigenvalue weighted by molar-refractivity contribution is 0.122. The maximum absolute atomic E-state index is 14.9. The number of ether oxygens (including phenoxy) is 2. The third-order valence-electron chi connectivity index (χ3n) is 6.39. The fraction of sp³-hybridized carbons (Fsp3) is 0.462. The minimum Gasteiger partial charge on any atom is -0.475 e. The number of anilines is 2. The number of carbonyl (C=O) groups excluding carboxylic acids is 1. The minimum atomic E-state index is -0.486. The fourth-order valence-electron chi connectivity index (χ4n) is 4.34. The zero-order valence-electron chi connectivity index (χ0n) is 20.6. The molecule has 1 aromatic carbocycles. The summed E-state index contributed by atoms with van der Waals surface area (Å²) in [6.07, 6.45) is 0.843. The summed E-state index contributed by atoms with van der Waals surface area (Å²) in [7, 11) is 0. The summed E-state index contributed by atoms with van der Waals surface area (Å²) in [5, 5.41) is 12.0. The molecule has 2 aliphatic rings. The highest BCUT2D eigenvalue weighted by atomic mass is 19.1. The van der Waals surface area contributed by atoms with Crippen molar-refractivity contribution in [3.8, 4) is 17.0 Å². The molecule has 0 aliphatic carbocycles. The Morgan fingerprint density at radius 1 is 1.20 bits per heavy atom. The molecular formula is C26H33FN4O4. The molecule has 2 saturated heterocycles. The number of pyridine rings is 1. The Morgan fingerprint density at radius 2 is 1.97 bits per heavy atom. The molecule has 188 valence electrons. The number of aryl methyl sites for hydroxylation is 1. The second kappa shape index (κ2) is 11.0. The van der Waals surface area contributed by atoms with Crippen LogP contribution < -0.4 is 15.0 Å². The number of aliphatic hydroxyl groups excluding tert-OH is 1. The second-order valence-electron chi connectivity index (χ2n) is 9.08. The van der Waals surface area contributed by atoms with Gasteiger partial charge in [0.1, 0.15) is 18.2 Å². The van der Waals surface area contributed by atoms with Gasteiger partial charge in [0.05, 0.1) is 25.5 Å². The molecule has 2 aromatic rings. The monoisotopic (exact) mass is 484 g/mol. The quantitative estimate of drug-likeness (QED) is 0.604. The molecule has 4 rings (SSSR count). The summed E-state index contributed by atoms with van der Waals surface area (Å²) < 4.78 is 26.0. The predicted molar refractivity (Wildman–Crippen MR) is 134 cm³/mol. The predicted octanol–water partition coefficient (Wildman–Crippen LogP) is 3.98. The Morgan fingerprint density at radius 3 is 2.66 bits per heavy atom. The van der Waals surface area contributed by atoms with E-state index in [0.29, 0.717) is 45.3 Å². The fourth-order valence-corrected chi connectivity index (χ4v) is 4.34. The number of rotatable bonds is 6. The average Bonchev–Trinajstić information content (AvgIpc) is 3.36. The first kappa shape index (κ1) is 24.9. The lowest BCUT2D eigenvalue weighted by atomic mass is 10.00. The van der Waals surface area contributed by atoms with E-state index in [-0.39, 0.29) is 24.9 Å². The van der Waals surface area contributed by atoms with Crippen LogP contribution in [0.5, 0.6) is 5.88 Å². The smallest absolute Gasteiger partial charge is 0.322 e. The van der Waals surface area contributed by atoms with E-state index in [1.54, 1.807) is 17.0 Å². The van der Waals surface area contributed by atoms with Crippen molar-refractivity contribution in [2.24, 2.45) is 0 Å². The molecule has 0 saturated carbocycles. The highest BCUT2D eigenvalue weighted by Crippen LogP contribution is 2.33. The lowest BCUT2D eigenvalue weighted by Crippen LogP contribution is -2.36. The van der Waals surface area contributed by atoms with Gasteiger partial charge in [-0.05, 0) is 62.1 Å². The first-order chi connectivity index (χ1) is 16.9. The molecule has 9 heteroatoms. The molecule has 0 radical (unpaired) electrons. The number of aliphatic hydroxyl groups is 1. The van der Waals surface area contributed by atoms with Gasteiger partial charge >= 0.3 is 6.03 Å². The molecule has 0 bridgehead atoms. The van der Waals surface area contributed by atoms with E-state index in [9.17, 15) is 14.3 Å². The van der Waals surface area contributed by atoms with Crippen molar-refractivity contribution in [2.75, 3.05) is 62.8 Å². The second-order valence-corrected chi connectivity index (χ2v) is 9.08. The van der Waals surface area contributed by atoms with Crippen LogP contribution in [0.4, 0.5) is 20.7 Å². The van der Waals surface area contributed by atoms with Gasteiger partial charge in [-0.3, -0.25) is 0 Å². The molecule has 35 heavy (non-hydrogen) atoms. The van der Waals surface area contributed by atoms with Crippen LogP contribution in [0.3, 0.4) is 0 Å². The first-order valence-electron chi connectivity index (χ1n) is 12.0. The maximum atomic E-state index is 14.9. The van der Waals surface area contributed by atoms with Gasteiger partial charge in [0.25, 0.3) is 0 Å². The summed E-state index contributed by atoms with van der Waals surface area (Å²) in [4.78, 5) is 21.3. The van der Waals surface area contributed by atoms with Crippen LogP contribution in [-0.4, -0.2) is 73.6 Å². The van der Waals surface area contributed by atoms with Gasteiger partial charge in [-0.15, -0.1) is 0 Å². The van der Waals surface area contributed by atoms with Crippen LogP contribution in [0, 0.1) is 12.7 Å². The van der Waals surface area contributed by atoms with Gasteiger partial charge < -0.3 is 29.7 Å². The van der Waals surface area contributed by atoms with E-state index in [1.807, 2.05) is 26.8 Å². The summed E-state index contributed by atoms with van der Waals surface area (Å²) in [6.45, 7) is 9.69. The number of carbonyl (C=O) groups is 1. The van der Waals surface area contributed by atoms with Crippen molar-refractivity contribution in [2.45, 2.75) is 27.2 Å². The van der Waals surface area contributed by atoms with E-state index in [4.69, 9.17) is 9.47 Å². The summed E-state index contributed by atoms with van der Waals surface area (Å²) in [5.41, 5.74) is 4.86. The van der Waals surface area contributed by atoms with Gasteiger partial charge in [0.15, 0.2) is 0 Å². The largest absolute Gasteiger partial charge is 0.475 e. The normalized spacial score (nSPS) is 16.0. The number of halogens is 1. The number of allylic oxidation sites excluding steroid dienone is 1. The average molecular weight is 485 g/mol. The number of hydrogen-bond donors (Lipinski definition) is 2. The minimum absolute atomic E-state index is 0.117. The van der Waals surface area contributed by atoms with E-state index in [2.05, 4.69) is 15.2 Å². The zero-order chi connectivity index (χ0) is 24.9. The van der Waals surface area contributed by atoms with Crippen molar-refractivity contribution >= 4 is 17.5 Å². The molecule has 1 aromatic heterocycles. The van der Waals surface area contributed by atoms with Crippen LogP contribution in [0.25, 0.3) is 11.1 Å². The van der Waals surface area contributed by atoms with Gasteiger partial charge in [-0.1, -0.05) is 11.1 Å². The molecule has 3 heterocycles. The Hall–Kier alpha value is -3.17. The Labute approximate surface area is 205 Å². The van der Waals surface area contributed by atoms with Crippen LogP contribution >= 0.6 is 0 Å². The number of benzene rings is 1. The third-order valence-corrected chi connectivity index (χ3v) is 6.39. The third kappa shape index (κ3) is 5.91. The number of likely N-dealkylation sites (tertiary alicyclic amines) is 1. The molecule has 2 aliphatic heterocycles. The van der Waals surface area contributed by atoms with Crippen LogP contribution in [0.15, 0.2) is 35.4 Å². The number of amides is 2. The summed E-state index contributed by atoms with van der Waals surface area (Å²) >= 11 is 0. The highest BCUT2D eigenvalue weighted by molar-refractivity contribution is 5.91. The SMILES string of the molecule is CC(C)=C1CCN(C(=O)Nc2cc(-c3cc(OCCO)nc(N4CCOCC4)c3)c(C)cc2F)C1. The Kier molecular flexibility index (Phi) is 7.87. The molecule has 2 N–H and O–H groups in total. The van der Waals surface area contributed by atoms with Gasteiger partial charge in [-0.2, -0.15) is 4.98 Å². The number of aromatic nitrogens is 1. The molecule has 0 atom stereocenters. The molecule has 0 spiro atoms. The summed E-state index contributed by atoms with van der Waals surface area (Å²) in [6, 6.07) is 6.48. The van der Waals surface area contributed by atoms with Crippen LogP contribution in [0.1, 0.15) is 25.8 Å². The van der Waals surface area contributed by atoms with Crippen LogP contribution in [-0.2, 0) is 4.74 Å². The highest BCUT2D eigenvalue weighted by Gasteiger charge is 2.24. The van der Waals surface area contributed by atoms with Crippen molar-refractivity contribution in [3.05, 3.63) is 46.8 Å². The zero-order valence-corrected chi connectivity index (χ0v) is 20.6. The number of morpholine rings is 1. The van der Waals surface area contributed by atoms with E-state index >= 15 is 0 Å². The Bertz CT molecular complexity index is 1110. The van der Waals surface area contributed by atoms with Gasteiger partial charge in [-0.25, -0.2) is 9.18 Å². The van der Waals surface area contributed by atoms with E-state index < -0.39 is 5.82 Å². The first-order valence-corrected chi connectivity index (χ1v) is 12.0. The number of urea groups is 1. The lowest BCUT2D eigenvalue weighted by Gasteiger charge is -2.28. The molecule has 0 unspecified atom stereocenters. The molecule has 8 nitrogen and oxygen atoms in total. The molecule has 2 fully saturated rings. The molecule has 2 amide bonds.